The van der Waals surface area contributed by atoms with E-state index in [1.54, 1.807) is 0 Å². The van der Waals surface area contributed by atoms with E-state index in [4.69, 9.17) is 4.74 Å². The molecule has 2 aliphatic rings. The van der Waals surface area contributed by atoms with Gasteiger partial charge in [-0.25, -0.2) is 0 Å². The summed E-state index contributed by atoms with van der Waals surface area (Å²) in [5.74, 6) is 0. The standard InChI is InChI=1S/C6H11NO.C2H6/c1-3-7-6(1)2-4-8-5-6;1-2/h7H,1-5H2;1-2H3. The molecule has 2 heteroatoms. The van der Waals surface area contributed by atoms with Crippen molar-refractivity contribution in [2.24, 2.45) is 0 Å². The largest absolute Gasteiger partial charge is 0.379 e. The Kier molecular flexibility index (Phi) is 2.69. The second-order valence-electron chi connectivity index (χ2n) is 2.76. The first kappa shape index (κ1) is 8.02. The molecule has 0 aromatic rings. The summed E-state index contributed by atoms with van der Waals surface area (Å²) in [6, 6.07) is 0. The topological polar surface area (TPSA) is 21.3 Å². The molecule has 0 bridgehead atoms. The zero-order valence-corrected chi connectivity index (χ0v) is 6.94. The maximum atomic E-state index is 5.24. The van der Waals surface area contributed by atoms with Gasteiger partial charge in [0, 0.05) is 12.1 Å². The lowest BCUT2D eigenvalue weighted by Crippen LogP contribution is -2.57. The van der Waals surface area contributed by atoms with Gasteiger partial charge in [0.05, 0.1) is 6.61 Å². The molecular formula is C8H17NO. The Balaban J connectivity index is 0.000000231. The summed E-state index contributed by atoms with van der Waals surface area (Å²) in [5.41, 5.74) is 0.444. The quantitative estimate of drug-likeness (QED) is 0.549. The van der Waals surface area contributed by atoms with Gasteiger partial charge in [0.25, 0.3) is 0 Å². The molecule has 2 fully saturated rings. The highest BCUT2D eigenvalue weighted by molar-refractivity contribution is 4.98. The summed E-state index contributed by atoms with van der Waals surface area (Å²) >= 11 is 0. The van der Waals surface area contributed by atoms with Crippen LogP contribution in [0.3, 0.4) is 0 Å². The Morgan fingerprint density at radius 3 is 2.20 bits per heavy atom. The van der Waals surface area contributed by atoms with E-state index < -0.39 is 0 Å². The Morgan fingerprint density at radius 1 is 1.30 bits per heavy atom. The maximum Gasteiger partial charge on any atom is 0.0649 e. The molecule has 0 aliphatic carbocycles. The minimum atomic E-state index is 0.444. The molecule has 0 radical (unpaired) electrons. The monoisotopic (exact) mass is 143 g/mol. The minimum Gasteiger partial charge on any atom is -0.379 e. The second kappa shape index (κ2) is 3.35. The van der Waals surface area contributed by atoms with Gasteiger partial charge < -0.3 is 10.1 Å². The average Bonchev–Trinajstić information content (AvgIpc) is 2.38. The summed E-state index contributed by atoms with van der Waals surface area (Å²) in [5, 5.41) is 3.40. The number of hydrogen-bond donors (Lipinski definition) is 1. The third-order valence-electron chi connectivity index (χ3n) is 2.21. The van der Waals surface area contributed by atoms with Crippen LogP contribution in [0.5, 0.6) is 0 Å². The van der Waals surface area contributed by atoms with Crippen LogP contribution in [-0.2, 0) is 4.74 Å². The van der Waals surface area contributed by atoms with Crippen LogP contribution in [0.1, 0.15) is 26.7 Å². The smallest absolute Gasteiger partial charge is 0.0649 e. The van der Waals surface area contributed by atoms with Crippen LogP contribution in [0.2, 0.25) is 0 Å². The van der Waals surface area contributed by atoms with Crippen LogP contribution in [-0.4, -0.2) is 25.3 Å². The summed E-state index contributed by atoms with van der Waals surface area (Å²) in [6.45, 7) is 7.11. The first-order valence-electron chi connectivity index (χ1n) is 4.24. The second-order valence-corrected chi connectivity index (χ2v) is 2.76. The van der Waals surface area contributed by atoms with Gasteiger partial charge in [-0.2, -0.15) is 0 Å². The average molecular weight is 143 g/mol. The van der Waals surface area contributed by atoms with Gasteiger partial charge in [0.15, 0.2) is 0 Å². The lowest BCUT2D eigenvalue weighted by Gasteiger charge is -2.38. The van der Waals surface area contributed by atoms with Crippen molar-refractivity contribution in [3.63, 3.8) is 0 Å². The fourth-order valence-corrected chi connectivity index (χ4v) is 1.42. The fourth-order valence-electron chi connectivity index (χ4n) is 1.42. The van der Waals surface area contributed by atoms with Crippen molar-refractivity contribution in [3.8, 4) is 0 Å². The van der Waals surface area contributed by atoms with Gasteiger partial charge in [-0.1, -0.05) is 13.8 Å². The van der Waals surface area contributed by atoms with Crippen LogP contribution in [0.15, 0.2) is 0 Å². The molecule has 0 amide bonds. The van der Waals surface area contributed by atoms with Gasteiger partial charge in [0.2, 0.25) is 0 Å². The Hall–Kier alpha value is -0.0800. The molecule has 1 N–H and O–H groups in total. The third-order valence-corrected chi connectivity index (χ3v) is 2.21. The molecular weight excluding hydrogens is 126 g/mol. The number of hydrogen-bond acceptors (Lipinski definition) is 2. The Bertz CT molecular complexity index is 91.4. The summed E-state index contributed by atoms with van der Waals surface area (Å²) in [7, 11) is 0. The summed E-state index contributed by atoms with van der Waals surface area (Å²) in [4.78, 5) is 0. The van der Waals surface area contributed by atoms with Crippen molar-refractivity contribution < 1.29 is 4.74 Å². The van der Waals surface area contributed by atoms with Crippen molar-refractivity contribution in [1.82, 2.24) is 5.32 Å². The molecule has 0 saturated carbocycles. The predicted molar refractivity (Wildman–Crippen MR) is 42.1 cm³/mol. The molecule has 2 heterocycles. The van der Waals surface area contributed by atoms with Crippen molar-refractivity contribution in [2.45, 2.75) is 32.2 Å². The lowest BCUT2D eigenvalue weighted by atomic mass is 9.88. The zero-order valence-electron chi connectivity index (χ0n) is 6.94. The summed E-state index contributed by atoms with van der Waals surface area (Å²) in [6.07, 6.45) is 2.56. The van der Waals surface area contributed by atoms with E-state index in [9.17, 15) is 0 Å². The normalized spacial score (nSPS) is 36.6. The van der Waals surface area contributed by atoms with Crippen LogP contribution in [0.4, 0.5) is 0 Å². The van der Waals surface area contributed by atoms with Crippen LogP contribution in [0, 0.1) is 0 Å². The molecule has 60 valence electrons. The molecule has 0 aromatic carbocycles. The van der Waals surface area contributed by atoms with E-state index in [0.717, 1.165) is 13.2 Å². The van der Waals surface area contributed by atoms with Crippen molar-refractivity contribution in [1.29, 1.82) is 0 Å². The van der Waals surface area contributed by atoms with E-state index in [1.807, 2.05) is 13.8 Å². The van der Waals surface area contributed by atoms with Gasteiger partial charge in [0.1, 0.15) is 0 Å². The molecule has 2 rings (SSSR count). The van der Waals surface area contributed by atoms with E-state index in [1.165, 1.54) is 19.4 Å². The van der Waals surface area contributed by atoms with Crippen LogP contribution in [0.25, 0.3) is 0 Å². The third kappa shape index (κ3) is 1.32. The highest BCUT2D eigenvalue weighted by atomic mass is 16.5. The highest BCUT2D eigenvalue weighted by Crippen LogP contribution is 2.27. The van der Waals surface area contributed by atoms with Crippen molar-refractivity contribution >= 4 is 0 Å². The molecule has 2 saturated heterocycles. The lowest BCUT2D eigenvalue weighted by molar-refractivity contribution is 0.134. The number of ether oxygens (including phenoxy) is 1. The Labute approximate surface area is 63.0 Å². The fraction of sp³-hybridized carbons (Fsp3) is 1.00. The highest BCUT2D eigenvalue weighted by Gasteiger charge is 2.39. The Morgan fingerprint density at radius 2 is 2.00 bits per heavy atom. The number of rotatable bonds is 0. The van der Waals surface area contributed by atoms with E-state index >= 15 is 0 Å². The van der Waals surface area contributed by atoms with Gasteiger partial charge in [-0.05, 0) is 19.4 Å². The molecule has 0 aromatic heterocycles. The summed E-state index contributed by atoms with van der Waals surface area (Å²) < 4.78 is 5.24. The first-order valence-corrected chi connectivity index (χ1v) is 4.24. The predicted octanol–water partition coefficient (Wildman–Crippen LogP) is 1.16. The SMILES string of the molecule is C1CC2(CCOC2)N1.CC. The van der Waals surface area contributed by atoms with Crippen molar-refractivity contribution in [2.75, 3.05) is 19.8 Å². The van der Waals surface area contributed by atoms with E-state index in [-0.39, 0.29) is 0 Å². The molecule has 1 unspecified atom stereocenters. The zero-order chi connectivity index (χ0) is 7.45. The van der Waals surface area contributed by atoms with Gasteiger partial charge in [-0.3, -0.25) is 0 Å². The number of nitrogens with one attached hydrogen (secondary N) is 1. The molecule has 2 aliphatic heterocycles. The van der Waals surface area contributed by atoms with E-state index in [2.05, 4.69) is 5.32 Å². The molecule has 10 heavy (non-hydrogen) atoms. The van der Waals surface area contributed by atoms with E-state index in [0.29, 0.717) is 5.54 Å². The maximum absolute atomic E-state index is 5.24. The van der Waals surface area contributed by atoms with Crippen molar-refractivity contribution in [3.05, 3.63) is 0 Å². The molecule has 2 nitrogen and oxygen atoms in total. The first-order chi connectivity index (χ1) is 4.91. The van der Waals surface area contributed by atoms with Crippen LogP contribution >= 0.6 is 0 Å². The molecule has 1 atom stereocenters. The molecule has 1 spiro atoms. The minimum absolute atomic E-state index is 0.444. The van der Waals surface area contributed by atoms with Crippen LogP contribution < -0.4 is 5.32 Å². The van der Waals surface area contributed by atoms with Gasteiger partial charge in [-0.15, -0.1) is 0 Å². The van der Waals surface area contributed by atoms with Gasteiger partial charge >= 0.3 is 0 Å².